The molecule has 0 spiro atoms. The van der Waals surface area contributed by atoms with Crippen LogP contribution in [0.15, 0.2) is 24.3 Å². The van der Waals surface area contributed by atoms with Crippen LogP contribution in [0, 0.1) is 6.92 Å². The van der Waals surface area contributed by atoms with Gasteiger partial charge >= 0.3 is 0 Å². The maximum absolute atomic E-state index is 12.2. The van der Waals surface area contributed by atoms with Crippen LogP contribution in [0.1, 0.15) is 43.2 Å². The van der Waals surface area contributed by atoms with E-state index in [1.807, 2.05) is 0 Å². The van der Waals surface area contributed by atoms with Crippen LogP contribution in [-0.2, 0) is 11.2 Å². The van der Waals surface area contributed by atoms with Gasteiger partial charge in [0.05, 0.1) is 6.42 Å². The van der Waals surface area contributed by atoms with Gasteiger partial charge in [-0.05, 0) is 25.3 Å². The molecule has 2 heteroatoms. The SMILES string of the molecule is Cc1ccc(CC(=O)N2CCCCCCC2)cc1. The van der Waals surface area contributed by atoms with Crippen LogP contribution in [-0.4, -0.2) is 23.9 Å². The number of amides is 1. The lowest BCUT2D eigenvalue weighted by Gasteiger charge is -2.24. The van der Waals surface area contributed by atoms with E-state index in [1.165, 1.54) is 37.7 Å². The minimum Gasteiger partial charge on any atom is -0.342 e. The van der Waals surface area contributed by atoms with Crippen molar-refractivity contribution in [3.8, 4) is 0 Å². The highest BCUT2D eigenvalue weighted by Crippen LogP contribution is 2.12. The molecule has 0 atom stereocenters. The number of carbonyl (C=O) groups excluding carboxylic acids is 1. The van der Waals surface area contributed by atoms with Gasteiger partial charge in [-0.3, -0.25) is 4.79 Å². The normalized spacial score (nSPS) is 17.1. The molecular formula is C16H23NO. The molecule has 1 aliphatic heterocycles. The van der Waals surface area contributed by atoms with Gasteiger partial charge in [0.1, 0.15) is 0 Å². The smallest absolute Gasteiger partial charge is 0.226 e. The summed E-state index contributed by atoms with van der Waals surface area (Å²) in [6.07, 6.45) is 6.77. The van der Waals surface area contributed by atoms with E-state index in [0.717, 1.165) is 18.7 Å². The fourth-order valence-electron chi connectivity index (χ4n) is 2.49. The minimum atomic E-state index is 0.292. The van der Waals surface area contributed by atoms with E-state index in [-0.39, 0.29) is 0 Å². The Bertz CT molecular complexity index is 375. The highest BCUT2D eigenvalue weighted by Gasteiger charge is 2.14. The summed E-state index contributed by atoms with van der Waals surface area (Å²) in [5, 5.41) is 0. The van der Waals surface area contributed by atoms with Gasteiger partial charge in [0.15, 0.2) is 0 Å². The summed E-state index contributed by atoms with van der Waals surface area (Å²) in [5.41, 5.74) is 2.38. The summed E-state index contributed by atoms with van der Waals surface area (Å²) in [7, 11) is 0. The number of hydrogen-bond donors (Lipinski definition) is 0. The van der Waals surface area contributed by atoms with Crippen LogP contribution in [0.4, 0.5) is 0 Å². The second-order valence-electron chi connectivity index (χ2n) is 5.31. The number of likely N-dealkylation sites (tertiary alicyclic amines) is 1. The molecule has 1 amide bonds. The Labute approximate surface area is 110 Å². The maximum atomic E-state index is 12.2. The molecule has 1 aromatic carbocycles. The fourth-order valence-corrected chi connectivity index (χ4v) is 2.49. The predicted octanol–water partition coefficient (Wildman–Crippen LogP) is 3.33. The first-order valence-electron chi connectivity index (χ1n) is 7.09. The van der Waals surface area contributed by atoms with Gasteiger partial charge in [-0.15, -0.1) is 0 Å². The molecule has 0 aliphatic carbocycles. The Morgan fingerprint density at radius 1 is 1.00 bits per heavy atom. The predicted molar refractivity (Wildman–Crippen MR) is 74.5 cm³/mol. The monoisotopic (exact) mass is 245 g/mol. The highest BCUT2D eigenvalue weighted by molar-refractivity contribution is 5.78. The number of nitrogens with zero attached hydrogens (tertiary/aromatic N) is 1. The van der Waals surface area contributed by atoms with Crippen molar-refractivity contribution in [3.05, 3.63) is 35.4 Å². The Kier molecular flexibility index (Phi) is 4.80. The average Bonchev–Trinajstić information content (AvgIpc) is 2.31. The summed E-state index contributed by atoms with van der Waals surface area (Å²) in [6.45, 7) is 3.97. The molecule has 98 valence electrons. The second-order valence-corrected chi connectivity index (χ2v) is 5.31. The largest absolute Gasteiger partial charge is 0.342 e. The van der Waals surface area contributed by atoms with Crippen LogP contribution in [0.2, 0.25) is 0 Å². The van der Waals surface area contributed by atoms with E-state index in [9.17, 15) is 4.79 Å². The molecule has 1 aliphatic rings. The molecule has 0 unspecified atom stereocenters. The molecule has 1 heterocycles. The molecule has 0 saturated carbocycles. The van der Waals surface area contributed by atoms with Crippen molar-refractivity contribution in [2.24, 2.45) is 0 Å². The Morgan fingerprint density at radius 2 is 1.56 bits per heavy atom. The molecule has 0 aromatic heterocycles. The minimum absolute atomic E-state index is 0.292. The standard InChI is InChI=1S/C16H23NO/c1-14-7-9-15(10-8-14)13-16(18)17-11-5-3-2-4-6-12-17/h7-10H,2-6,11-13H2,1H3. The van der Waals surface area contributed by atoms with Crippen LogP contribution in [0.25, 0.3) is 0 Å². The molecule has 0 radical (unpaired) electrons. The van der Waals surface area contributed by atoms with E-state index in [1.54, 1.807) is 0 Å². The van der Waals surface area contributed by atoms with Crippen molar-refractivity contribution in [1.29, 1.82) is 0 Å². The van der Waals surface area contributed by atoms with Crippen molar-refractivity contribution in [3.63, 3.8) is 0 Å². The third kappa shape index (κ3) is 3.86. The highest BCUT2D eigenvalue weighted by atomic mass is 16.2. The zero-order chi connectivity index (χ0) is 12.8. The maximum Gasteiger partial charge on any atom is 0.226 e. The summed E-state index contributed by atoms with van der Waals surface area (Å²) < 4.78 is 0. The lowest BCUT2D eigenvalue weighted by molar-refractivity contribution is -0.130. The average molecular weight is 245 g/mol. The van der Waals surface area contributed by atoms with Crippen molar-refractivity contribution in [2.75, 3.05) is 13.1 Å². The van der Waals surface area contributed by atoms with E-state index < -0.39 is 0 Å². The molecule has 1 fully saturated rings. The molecule has 0 N–H and O–H groups in total. The van der Waals surface area contributed by atoms with E-state index in [4.69, 9.17) is 0 Å². The van der Waals surface area contributed by atoms with Gasteiger partial charge in [0, 0.05) is 13.1 Å². The lowest BCUT2D eigenvalue weighted by atomic mass is 10.1. The molecule has 2 nitrogen and oxygen atoms in total. The van der Waals surface area contributed by atoms with Gasteiger partial charge in [-0.1, -0.05) is 49.1 Å². The van der Waals surface area contributed by atoms with Gasteiger partial charge in [0.2, 0.25) is 5.91 Å². The first-order valence-corrected chi connectivity index (χ1v) is 7.09. The number of carbonyl (C=O) groups is 1. The van der Waals surface area contributed by atoms with Crippen molar-refractivity contribution in [1.82, 2.24) is 4.90 Å². The van der Waals surface area contributed by atoms with Crippen LogP contribution in [0.5, 0.6) is 0 Å². The topological polar surface area (TPSA) is 20.3 Å². The van der Waals surface area contributed by atoms with Gasteiger partial charge < -0.3 is 4.90 Å². The van der Waals surface area contributed by atoms with Crippen molar-refractivity contribution < 1.29 is 4.79 Å². The number of rotatable bonds is 2. The van der Waals surface area contributed by atoms with Crippen molar-refractivity contribution in [2.45, 2.75) is 45.4 Å². The summed E-state index contributed by atoms with van der Waals surface area (Å²) >= 11 is 0. The zero-order valence-electron chi connectivity index (χ0n) is 11.3. The Morgan fingerprint density at radius 3 is 2.17 bits per heavy atom. The second kappa shape index (κ2) is 6.58. The third-order valence-electron chi connectivity index (χ3n) is 3.68. The van der Waals surface area contributed by atoms with Crippen molar-refractivity contribution >= 4 is 5.91 Å². The first-order chi connectivity index (χ1) is 8.75. The van der Waals surface area contributed by atoms with Gasteiger partial charge in [-0.2, -0.15) is 0 Å². The molecule has 1 saturated heterocycles. The van der Waals surface area contributed by atoms with Crippen LogP contribution < -0.4 is 0 Å². The number of hydrogen-bond acceptors (Lipinski definition) is 1. The lowest BCUT2D eigenvalue weighted by Crippen LogP contribution is -2.34. The zero-order valence-corrected chi connectivity index (χ0v) is 11.3. The Balaban J connectivity index is 1.91. The molecular weight excluding hydrogens is 222 g/mol. The number of benzene rings is 1. The summed E-state index contributed by atoms with van der Waals surface area (Å²) in [4.78, 5) is 14.3. The van der Waals surface area contributed by atoms with Gasteiger partial charge in [-0.25, -0.2) is 0 Å². The third-order valence-corrected chi connectivity index (χ3v) is 3.68. The van der Waals surface area contributed by atoms with E-state index >= 15 is 0 Å². The first kappa shape index (κ1) is 13.1. The van der Waals surface area contributed by atoms with E-state index in [0.29, 0.717) is 12.3 Å². The Hall–Kier alpha value is -1.31. The molecule has 18 heavy (non-hydrogen) atoms. The summed E-state index contributed by atoms with van der Waals surface area (Å²) in [5.74, 6) is 0.292. The van der Waals surface area contributed by atoms with Crippen LogP contribution in [0.3, 0.4) is 0 Å². The van der Waals surface area contributed by atoms with E-state index in [2.05, 4.69) is 36.1 Å². The quantitative estimate of drug-likeness (QED) is 0.782. The molecule has 0 bridgehead atoms. The molecule has 2 rings (SSSR count). The van der Waals surface area contributed by atoms with Gasteiger partial charge in [0.25, 0.3) is 0 Å². The summed E-state index contributed by atoms with van der Waals surface area (Å²) in [6, 6.07) is 8.29. The molecule has 1 aromatic rings. The number of aryl methyl sites for hydroxylation is 1. The fraction of sp³-hybridized carbons (Fsp3) is 0.562. The van der Waals surface area contributed by atoms with Crippen LogP contribution >= 0.6 is 0 Å².